The number of aromatic amines is 1. The monoisotopic (exact) mass is 437 g/mol. The average Bonchev–Trinajstić information content (AvgIpc) is 2.78. The molecule has 0 spiro atoms. The van der Waals surface area contributed by atoms with Crippen molar-refractivity contribution in [3.63, 3.8) is 0 Å². The molecule has 2 aromatic carbocycles. The molecule has 0 atom stereocenters. The number of fused-ring (bicyclic) bond motifs is 1. The van der Waals surface area contributed by atoms with Crippen LogP contribution in [0.4, 0.5) is 4.39 Å². The number of rotatable bonds is 5. The van der Waals surface area contributed by atoms with E-state index in [1.807, 2.05) is 6.07 Å². The Labute approximate surface area is 181 Å². The summed E-state index contributed by atoms with van der Waals surface area (Å²) < 4.78 is 13.4. The molecule has 0 aliphatic rings. The first-order chi connectivity index (χ1) is 14.9. The number of amides is 1. The lowest BCUT2D eigenvalue weighted by molar-refractivity contribution is 0.0951. The molecule has 6 nitrogen and oxygen atoms in total. The van der Waals surface area contributed by atoms with Crippen molar-refractivity contribution in [2.75, 3.05) is 0 Å². The van der Waals surface area contributed by atoms with Gasteiger partial charge in [-0.3, -0.25) is 14.6 Å². The summed E-state index contributed by atoms with van der Waals surface area (Å²) in [7, 11) is 0. The molecule has 8 heteroatoms. The minimum atomic E-state index is -0.566. The zero-order valence-corrected chi connectivity index (χ0v) is 16.9. The Balaban J connectivity index is 1.64. The highest BCUT2D eigenvalue weighted by Crippen LogP contribution is 2.28. The van der Waals surface area contributed by atoms with Gasteiger partial charge in [0.1, 0.15) is 11.6 Å². The molecule has 0 aliphatic carbocycles. The van der Waals surface area contributed by atoms with E-state index >= 15 is 0 Å². The van der Waals surface area contributed by atoms with Crippen molar-refractivity contribution in [3.8, 4) is 5.75 Å². The maximum absolute atomic E-state index is 13.4. The number of hydrogen-bond acceptors (Lipinski definition) is 4. The SMILES string of the molecule is O=C(NCc1cccnc1)c1ccc2[nH]c(=O)c(Cc3ccc(F)c(Cl)c3)c(O)c2c1. The third-order valence-electron chi connectivity index (χ3n) is 4.89. The Morgan fingerprint density at radius 2 is 2.00 bits per heavy atom. The summed E-state index contributed by atoms with van der Waals surface area (Å²) in [5.74, 6) is -1.13. The molecule has 0 radical (unpaired) electrons. The summed E-state index contributed by atoms with van der Waals surface area (Å²) in [5, 5.41) is 13.8. The van der Waals surface area contributed by atoms with Crippen LogP contribution in [0.2, 0.25) is 5.02 Å². The molecule has 0 saturated heterocycles. The predicted molar refractivity (Wildman–Crippen MR) is 116 cm³/mol. The lowest BCUT2D eigenvalue weighted by atomic mass is 10.0. The van der Waals surface area contributed by atoms with E-state index in [0.717, 1.165) is 5.56 Å². The summed E-state index contributed by atoms with van der Waals surface area (Å²) in [4.78, 5) is 31.7. The normalized spacial score (nSPS) is 10.9. The van der Waals surface area contributed by atoms with Gasteiger partial charge in [-0.15, -0.1) is 0 Å². The molecule has 0 bridgehead atoms. The van der Waals surface area contributed by atoms with Crippen molar-refractivity contribution in [2.45, 2.75) is 13.0 Å². The van der Waals surface area contributed by atoms with Crippen molar-refractivity contribution in [1.82, 2.24) is 15.3 Å². The number of H-pyrrole nitrogens is 1. The van der Waals surface area contributed by atoms with Crippen LogP contribution in [0.1, 0.15) is 27.0 Å². The Kier molecular flexibility index (Phi) is 5.68. The van der Waals surface area contributed by atoms with E-state index < -0.39 is 11.4 Å². The van der Waals surface area contributed by atoms with Gasteiger partial charge in [0.05, 0.1) is 16.1 Å². The lowest BCUT2D eigenvalue weighted by Crippen LogP contribution is -2.23. The first kappa shape index (κ1) is 20.6. The predicted octanol–water partition coefficient (Wildman–Crippen LogP) is 3.94. The maximum atomic E-state index is 13.4. The van der Waals surface area contributed by atoms with Gasteiger partial charge in [-0.1, -0.05) is 23.7 Å². The van der Waals surface area contributed by atoms with E-state index in [0.29, 0.717) is 28.6 Å². The van der Waals surface area contributed by atoms with Crippen molar-refractivity contribution >= 4 is 28.4 Å². The topological polar surface area (TPSA) is 95.1 Å². The fraction of sp³-hybridized carbons (Fsp3) is 0.0870. The second kappa shape index (κ2) is 8.57. The number of halogens is 2. The summed E-state index contributed by atoms with van der Waals surface area (Å²) in [5.41, 5.74) is 1.77. The molecule has 1 amide bonds. The van der Waals surface area contributed by atoms with Crippen LogP contribution in [-0.4, -0.2) is 21.0 Å². The van der Waals surface area contributed by atoms with Gasteiger partial charge in [0.15, 0.2) is 0 Å². The smallest absolute Gasteiger partial charge is 0.255 e. The van der Waals surface area contributed by atoms with Gasteiger partial charge >= 0.3 is 0 Å². The van der Waals surface area contributed by atoms with E-state index in [1.165, 1.54) is 24.3 Å². The Bertz CT molecular complexity index is 1340. The van der Waals surface area contributed by atoms with Gasteiger partial charge in [0.25, 0.3) is 11.5 Å². The molecule has 156 valence electrons. The second-order valence-electron chi connectivity index (χ2n) is 7.01. The molecule has 0 unspecified atom stereocenters. The van der Waals surface area contributed by atoms with E-state index in [-0.39, 0.29) is 28.7 Å². The first-order valence-corrected chi connectivity index (χ1v) is 9.79. The van der Waals surface area contributed by atoms with E-state index in [9.17, 15) is 19.1 Å². The number of benzene rings is 2. The van der Waals surface area contributed by atoms with Crippen molar-refractivity contribution in [1.29, 1.82) is 0 Å². The average molecular weight is 438 g/mol. The highest BCUT2D eigenvalue weighted by molar-refractivity contribution is 6.30. The fourth-order valence-corrected chi connectivity index (χ4v) is 3.47. The molecule has 4 rings (SSSR count). The van der Waals surface area contributed by atoms with E-state index in [2.05, 4.69) is 15.3 Å². The zero-order chi connectivity index (χ0) is 22.0. The third-order valence-corrected chi connectivity index (χ3v) is 5.18. The molecular weight excluding hydrogens is 421 g/mol. The Hall–Kier alpha value is -3.71. The van der Waals surface area contributed by atoms with Gasteiger partial charge in [-0.2, -0.15) is 0 Å². The Morgan fingerprint density at radius 3 is 2.74 bits per heavy atom. The number of nitrogens with zero attached hydrogens (tertiary/aromatic N) is 1. The van der Waals surface area contributed by atoms with Crippen LogP contribution in [0.3, 0.4) is 0 Å². The number of aromatic nitrogens is 2. The number of aromatic hydroxyl groups is 1. The largest absolute Gasteiger partial charge is 0.507 e. The molecule has 2 aromatic heterocycles. The van der Waals surface area contributed by atoms with Crippen molar-refractivity contribution in [3.05, 3.63) is 104 Å². The highest BCUT2D eigenvalue weighted by atomic mass is 35.5. The summed E-state index contributed by atoms with van der Waals surface area (Å²) >= 11 is 5.81. The summed E-state index contributed by atoms with van der Waals surface area (Å²) in [6.45, 7) is 0.304. The summed E-state index contributed by atoms with van der Waals surface area (Å²) in [6, 6.07) is 12.4. The van der Waals surface area contributed by atoms with Crippen LogP contribution in [0, 0.1) is 5.82 Å². The molecule has 0 aliphatic heterocycles. The minimum absolute atomic E-state index is 0.0501. The van der Waals surface area contributed by atoms with Gasteiger partial charge in [-0.05, 0) is 47.5 Å². The molecule has 3 N–H and O–H groups in total. The van der Waals surface area contributed by atoms with Crippen LogP contribution in [-0.2, 0) is 13.0 Å². The maximum Gasteiger partial charge on any atom is 0.255 e. The minimum Gasteiger partial charge on any atom is -0.507 e. The fourth-order valence-electron chi connectivity index (χ4n) is 3.26. The van der Waals surface area contributed by atoms with Crippen LogP contribution in [0.15, 0.2) is 65.7 Å². The molecule has 0 saturated carbocycles. The summed E-state index contributed by atoms with van der Waals surface area (Å²) in [6.07, 6.45) is 3.36. The van der Waals surface area contributed by atoms with Gasteiger partial charge in [-0.25, -0.2) is 4.39 Å². The Morgan fingerprint density at radius 1 is 1.16 bits per heavy atom. The third kappa shape index (κ3) is 4.41. The van der Waals surface area contributed by atoms with Crippen LogP contribution >= 0.6 is 11.6 Å². The highest BCUT2D eigenvalue weighted by Gasteiger charge is 2.15. The van der Waals surface area contributed by atoms with Gasteiger partial charge in [0.2, 0.25) is 0 Å². The van der Waals surface area contributed by atoms with Gasteiger partial charge in [0, 0.05) is 36.3 Å². The number of nitrogens with one attached hydrogen (secondary N) is 2. The molecule has 0 fully saturated rings. The number of carbonyl (C=O) groups excluding carboxylic acids is 1. The van der Waals surface area contributed by atoms with Crippen molar-refractivity contribution in [2.24, 2.45) is 0 Å². The second-order valence-corrected chi connectivity index (χ2v) is 7.42. The molecule has 31 heavy (non-hydrogen) atoms. The van der Waals surface area contributed by atoms with Crippen LogP contribution in [0.5, 0.6) is 5.75 Å². The lowest BCUT2D eigenvalue weighted by Gasteiger charge is -2.10. The first-order valence-electron chi connectivity index (χ1n) is 9.41. The zero-order valence-electron chi connectivity index (χ0n) is 16.2. The van der Waals surface area contributed by atoms with Crippen molar-refractivity contribution < 1.29 is 14.3 Å². The molecular formula is C23H17ClFN3O3. The quantitative estimate of drug-likeness (QED) is 0.440. The van der Waals surface area contributed by atoms with Crippen LogP contribution < -0.4 is 10.9 Å². The number of hydrogen-bond donors (Lipinski definition) is 3. The van der Waals surface area contributed by atoms with Crippen LogP contribution in [0.25, 0.3) is 10.9 Å². The standard InChI is InChI=1S/C23H17ClFN3O3/c24-18-9-13(3-5-19(18)25)8-17-21(29)16-10-15(4-6-20(16)28-23(17)31)22(30)27-12-14-2-1-7-26-11-14/h1-7,9-11H,8,12H2,(H,27,30)(H2,28,29,31). The van der Waals surface area contributed by atoms with E-state index in [4.69, 9.17) is 11.6 Å². The van der Waals surface area contributed by atoms with Gasteiger partial charge < -0.3 is 15.4 Å². The molecule has 2 heterocycles. The van der Waals surface area contributed by atoms with E-state index in [1.54, 1.807) is 30.6 Å². The number of pyridine rings is 2. The molecule has 4 aromatic rings. The number of carbonyl (C=O) groups is 1.